The van der Waals surface area contributed by atoms with Crippen molar-refractivity contribution in [1.82, 2.24) is 0 Å². The summed E-state index contributed by atoms with van der Waals surface area (Å²) >= 11 is 6.98. The maximum Gasteiger partial charge on any atom is 0.188 e. The van der Waals surface area contributed by atoms with E-state index in [9.17, 15) is 8.42 Å². The van der Waals surface area contributed by atoms with Crippen LogP contribution >= 0.6 is 31.9 Å². The Kier molecular flexibility index (Phi) is 5.31. The molecule has 7 heteroatoms. The Labute approximate surface area is 198 Å². The number of hydrogen-bond donors (Lipinski definition) is 0. The zero-order valence-electron chi connectivity index (χ0n) is 16.4. The third-order valence-electron chi connectivity index (χ3n) is 6.23. The third kappa shape index (κ3) is 3.47. The summed E-state index contributed by atoms with van der Waals surface area (Å²) in [6.07, 6.45) is 0.496. The van der Waals surface area contributed by atoms with Gasteiger partial charge < -0.3 is 4.84 Å². The van der Waals surface area contributed by atoms with E-state index in [4.69, 9.17) is 4.84 Å². The van der Waals surface area contributed by atoms with E-state index in [0.29, 0.717) is 17.7 Å². The van der Waals surface area contributed by atoms with Gasteiger partial charge in [-0.25, -0.2) is 8.42 Å². The van der Waals surface area contributed by atoms with E-state index in [-0.39, 0.29) is 12.0 Å². The minimum absolute atomic E-state index is 0.101. The number of halogens is 2. The van der Waals surface area contributed by atoms with Crippen LogP contribution in [0.25, 0.3) is 0 Å². The summed E-state index contributed by atoms with van der Waals surface area (Å²) in [7, 11) is -3.68. The molecule has 0 amide bonds. The summed E-state index contributed by atoms with van der Waals surface area (Å²) in [4.78, 5) is 6.15. The molecule has 0 radical (unpaired) electrons. The summed E-state index contributed by atoms with van der Waals surface area (Å²) in [6.45, 7) is 0. The number of oxime groups is 1. The molecule has 2 aliphatic rings. The molecule has 3 aromatic rings. The number of fused-ring (bicyclic) bond motifs is 1. The van der Waals surface area contributed by atoms with Crippen LogP contribution in [0, 0.1) is 5.92 Å². The second-order valence-corrected chi connectivity index (χ2v) is 12.1. The number of hydrogen-bond acceptors (Lipinski definition) is 4. The van der Waals surface area contributed by atoms with Gasteiger partial charge in [0.25, 0.3) is 0 Å². The van der Waals surface area contributed by atoms with Gasteiger partial charge in [-0.3, -0.25) is 0 Å². The number of rotatable bonds is 4. The predicted octanol–water partition coefficient (Wildman–Crippen LogP) is 6.09. The van der Waals surface area contributed by atoms with Gasteiger partial charge in [-0.05, 0) is 48.4 Å². The molecule has 1 aliphatic heterocycles. The lowest BCUT2D eigenvalue weighted by Gasteiger charge is -2.30. The fraction of sp³-hybridized carbons (Fsp3) is 0.208. The van der Waals surface area contributed by atoms with Crippen molar-refractivity contribution in [3.05, 3.63) is 98.9 Å². The van der Waals surface area contributed by atoms with Gasteiger partial charge in [0.15, 0.2) is 9.84 Å². The van der Waals surface area contributed by atoms with E-state index in [2.05, 4.69) is 37.0 Å². The lowest BCUT2D eigenvalue weighted by atomic mass is 9.91. The molecule has 31 heavy (non-hydrogen) atoms. The van der Waals surface area contributed by atoms with Crippen LogP contribution in [0.2, 0.25) is 0 Å². The van der Waals surface area contributed by atoms with E-state index in [1.807, 2.05) is 54.6 Å². The Morgan fingerprint density at radius 2 is 1.61 bits per heavy atom. The molecule has 0 N–H and O–H groups in total. The highest BCUT2D eigenvalue weighted by Crippen LogP contribution is 2.54. The summed E-state index contributed by atoms with van der Waals surface area (Å²) in [6, 6.07) is 24.2. The first-order valence-corrected chi connectivity index (χ1v) is 13.0. The summed E-state index contributed by atoms with van der Waals surface area (Å²) in [5.74, 6) is -0.101. The van der Waals surface area contributed by atoms with Crippen LogP contribution in [0.4, 0.5) is 0 Å². The highest BCUT2D eigenvalue weighted by molar-refractivity contribution is 9.10. The van der Waals surface area contributed by atoms with Crippen molar-refractivity contribution < 1.29 is 13.3 Å². The molecule has 1 saturated carbocycles. The largest absolute Gasteiger partial charge is 0.391 e. The van der Waals surface area contributed by atoms with Crippen LogP contribution in [0.3, 0.4) is 0 Å². The van der Waals surface area contributed by atoms with Crippen LogP contribution in [0.5, 0.6) is 0 Å². The minimum atomic E-state index is -3.68. The molecule has 1 aliphatic carbocycles. The van der Waals surface area contributed by atoms with Crippen LogP contribution in [0.15, 0.2) is 97.9 Å². The second kappa shape index (κ2) is 7.87. The Morgan fingerprint density at radius 1 is 0.871 bits per heavy atom. The van der Waals surface area contributed by atoms with Gasteiger partial charge in [0, 0.05) is 26.8 Å². The Morgan fingerprint density at radius 3 is 2.32 bits per heavy atom. The highest BCUT2D eigenvalue weighted by atomic mass is 79.9. The van der Waals surface area contributed by atoms with Crippen molar-refractivity contribution in [1.29, 1.82) is 0 Å². The topological polar surface area (TPSA) is 55.7 Å². The van der Waals surface area contributed by atoms with Crippen LogP contribution in [0.1, 0.15) is 24.0 Å². The van der Waals surface area contributed by atoms with E-state index < -0.39 is 14.6 Å². The first-order valence-electron chi connectivity index (χ1n) is 9.96. The molecular weight excluding hydrogens is 542 g/mol. The lowest BCUT2D eigenvalue weighted by molar-refractivity contribution is 0.0723. The van der Waals surface area contributed by atoms with Crippen molar-refractivity contribution in [2.45, 2.75) is 28.6 Å². The molecular formula is C24H19Br2NO3S. The fourth-order valence-electron chi connectivity index (χ4n) is 4.72. The molecule has 1 fully saturated rings. The van der Waals surface area contributed by atoms with E-state index in [0.717, 1.165) is 25.8 Å². The van der Waals surface area contributed by atoms with E-state index >= 15 is 0 Å². The van der Waals surface area contributed by atoms with Crippen molar-refractivity contribution in [3.63, 3.8) is 0 Å². The predicted molar refractivity (Wildman–Crippen MR) is 128 cm³/mol. The number of nitrogens with zero attached hydrogens (tertiary/aromatic N) is 1. The normalized spacial score (nSPS) is 25.0. The Balaban J connectivity index is 1.62. The van der Waals surface area contributed by atoms with E-state index in [1.54, 1.807) is 24.3 Å². The average Bonchev–Trinajstić information content (AvgIpc) is 3.34. The molecule has 3 atom stereocenters. The maximum absolute atomic E-state index is 14.1. The Bertz CT molecular complexity index is 1260. The molecule has 0 saturated heterocycles. The molecule has 0 bridgehead atoms. The summed E-state index contributed by atoms with van der Waals surface area (Å²) < 4.78 is 28.9. The van der Waals surface area contributed by atoms with Crippen LogP contribution in [-0.2, 0) is 19.4 Å². The number of benzene rings is 3. The average molecular weight is 561 g/mol. The van der Waals surface area contributed by atoms with Gasteiger partial charge in [0.1, 0.15) is 10.9 Å². The van der Waals surface area contributed by atoms with E-state index in [1.165, 1.54) is 0 Å². The smallest absolute Gasteiger partial charge is 0.188 e. The standard InChI is InChI=1S/C24H19Br2NO3S/c25-18-11-9-17(10-12-18)24(31(28,29)20-7-2-1-3-8-20)14-21-22(15-24)30-27-23(21)16-5-4-6-19(26)13-16/h1-13,21-22H,14-15H2/t21-,22+,24-/m1/s1. The monoisotopic (exact) mass is 559 g/mol. The van der Waals surface area contributed by atoms with Crippen molar-refractivity contribution >= 4 is 47.4 Å². The van der Waals surface area contributed by atoms with Crippen molar-refractivity contribution in [2.75, 3.05) is 0 Å². The SMILES string of the molecule is O=S(=O)(c1ccccc1)[C@@]1(c2ccc(Br)cc2)C[C@@H]2ON=C(c3cccc(Br)c3)[C@@H]2C1. The van der Waals surface area contributed by atoms with Crippen LogP contribution in [-0.4, -0.2) is 20.2 Å². The second-order valence-electron chi connectivity index (χ2n) is 7.96. The Hall–Kier alpha value is -1.96. The highest BCUT2D eigenvalue weighted by Gasteiger charge is 2.59. The summed E-state index contributed by atoms with van der Waals surface area (Å²) in [5.41, 5.74) is 2.55. The first-order chi connectivity index (χ1) is 14.9. The molecule has 1 heterocycles. The zero-order valence-corrected chi connectivity index (χ0v) is 20.4. The molecule has 0 spiro atoms. The molecule has 5 rings (SSSR count). The van der Waals surface area contributed by atoms with Gasteiger partial charge in [0.05, 0.1) is 10.6 Å². The fourth-order valence-corrected chi connectivity index (χ4v) is 7.58. The van der Waals surface area contributed by atoms with Crippen molar-refractivity contribution in [3.8, 4) is 0 Å². The molecule has 0 unspecified atom stereocenters. The molecule has 0 aromatic heterocycles. The quantitative estimate of drug-likeness (QED) is 0.388. The minimum Gasteiger partial charge on any atom is -0.391 e. The van der Waals surface area contributed by atoms with Gasteiger partial charge in [0.2, 0.25) is 0 Å². The maximum atomic E-state index is 14.1. The van der Waals surface area contributed by atoms with Gasteiger partial charge in [-0.15, -0.1) is 0 Å². The molecule has 3 aromatic carbocycles. The lowest BCUT2D eigenvalue weighted by Crippen LogP contribution is -2.34. The van der Waals surface area contributed by atoms with Gasteiger partial charge in [-0.2, -0.15) is 0 Å². The van der Waals surface area contributed by atoms with Gasteiger partial charge in [-0.1, -0.05) is 79.5 Å². The summed E-state index contributed by atoms with van der Waals surface area (Å²) in [5, 5.41) is 4.35. The number of sulfone groups is 1. The zero-order chi connectivity index (χ0) is 21.6. The molecule has 158 valence electrons. The van der Waals surface area contributed by atoms with Crippen molar-refractivity contribution in [2.24, 2.45) is 11.1 Å². The van der Waals surface area contributed by atoms with Gasteiger partial charge >= 0.3 is 0 Å². The molecule has 4 nitrogen and oxygen atoms in total. The van der Waals surface area contributed by atoms with Crippen LogP contribution < -0.4 is 0 Å². The third-order valence-corrected chi connectivity index (χ3v) is 9.74. The first kappa shape index (κ1) is 20.9.